The van der Waals surface area contributed by atoms with Crippen LogP contribution in [0, 0.1) is 5.41 Å². The predicted octanol–water partition coefficient (Wildman–Crippen LogP) is 3.89. The molecule has 0 bridgehead atoms. The highest BCUT2D eigenvalue weighted by Crippen LogP contribution is 2.39. The van der Waals surface area contributed by atoms with E-state index < -0.39 is 0 Å². The van der Waals surface area contributed by atoms with Crippen LogP contribution in [-0.2, 0) is 6.54 Å². The van der Waals surface area contributed by atoms with Gasteiger partial charge in [0.1, 0.15) is 0 Å². The molecule has 1 N–H and O–H groups in total. The van der Waals surface area contributed by atoms with Gasteiger partial charge in [-0.2, -0.15) is 4.98 Å². The van der Waals surface area contributed by atoms with E-state index >= 15 is 0 Å². The summed E-state index contributed by atoms with van der Waals surface area (Å²) in [5.41, 5.74) is 0.147. The summed E-state index contributed by atoms with van der Waals surface area (Å²) in [4.78, 5) is 5.82. The molecule has 1 fully saturated rings. The smallest absolute Gasteiger partial charge is 0.229 e. The number of aromatic nitrogens is 2. The minimum absolute atomic E-state index is 0.147. The molecule has 1 saturated carbocycles. The Bertz CT molecular complexity index is 552. The molecule has 1 unspecified atom stereocenters. The van der Waals surface area contributed by atoms with E-state index in [1.54, 1.807) is 11.3 Å². The van der Waals surface area contributed by atoms with Crippen LogP contribution in [0.5, 0.6) is 0 Å². The second-order valence-corrected chi connectivity index (χ2v) is 7.50. The Balaban J connectivity index is 1.67. The molecule has 5 heteroatoms. The Morgan fingerprint density at radius 1 is 1.45 bits per heavy atom. The summed E-state index contributed by atoms with van der Waals surface area (Å²) >= 11 is 1.79. The molecule has 2 aromatic heterocycles. The van der Waals surface area contributed by atoms with Gasteiger partial charge >= 0.3 is 0 Å². The molecule has 2 aromatic rings. The summed E-state index contributed by atoms with van der Waals surface area (Å²) in [6.45, 7) is 7.39. The summed E-state index contributed by atoms with van der Waals surface area (Å²) in [6.07, 6.45) is 2.38. The summed E-state index contributed by atoms with van der Waals surface area (Å²) in [6, 6.07) is 4.57. The predicted molar refractivity (Wildman–Crippen MR) is 79.6 cm³/mol. The van der Waals surface area contributed by atoms with Crippen molar-refractivity contribution in [2.45, 2.75) is 52.1 Å². The van der Waals surface area contributed by atoms with Crippen molar-refractivity contribution in [3.8, 4) is 0 Å². The molecule has 1 aliphatic carbocycles. The Morgan fingerprint density at radius 3 is 2.85 bits per heavy atom. The van der Waals surface area contributed by atoms with Crippen molar-refractivity contribution in [1.29, 1.82) is 0 Å². The van der Waals surface area contributed by atoms with Crippen LogP contribution in [0.4, 0.5) is 0 Å². The fourth-order valence-electron chi connectivity index (χ4n) is 2.32. The van der Waals surface area contributed by atoms with Crippen molar-refractivity contribution in [1.82, 2.24) is 15.5 Å². The standard InChI is InChI=1S/C15H21N3OS/c1-15(2,3)13(11-5-4-8-20-11)16-9-12-17-14(19-18-12)10-6-7-10/h4-5,8,10,13,16H,6-7,9H2,1-3H3. The van der Waals surface area contributed by atoms with Crippen molar-refractivity contribution in [2.75, 3.05) is 0 Å². The van der Waals surface area contributed by atoms with Gasteiger partial charge in [-0.05, 0) is 29.7 Å². The fraction of sp³-hybridized carbons (Fsp3) is 0.600. The third-order valence-electron chi connectivity index (χ3n) is 3.57. The van der Waals surface area contributed by atoms with E-state index in [1.165, 1.54) is 17.7 Å². The first-order valence-electron chi connectivity index (χ1n) is 7.13. The first kappa shape index (κ1) is 13.8. The second-order valence-electron chi connectivity index (χ2n) is 6.52. The van der Waals surface area contributed by atoms with E-state index in [2.05, 4.69) is 53.7 Å². The van der Waals surface area contributed by atoms with Crippen LogP contribution < -0.4 is 5.32 Å². The Kier molecular flexibility index (Phi) is 3.65. The molecule has 0 saturated heterocycles. The van der Waals surface area contributed by atoms with Gasteiger partial charge in [0.15, 0.2) is 5.82 Å². The molecule has 20 heavy (non-hydrogen) atoms. The van der Waals surface area contributed by atoms with Crippen molar-refractivity contribution in [3.05, 3.63) is 34.1 Å². The molecule has 0 spiro atoms. The van der Waals surface area contributed by atoms with E-state index in [0.717, 1.165) is 11.7 Å². The van der Waals surface area contributed by atoms with Gasteiger partial charge in [-0.1, -0.05) is 32.0 Å². The van der Waals surface area contributed by atoms with Gasteiger partial charge in [-0.3, -0.25) is 0 Å². The average Bonchev–Trinajstić information content (AvgIpc) is 2.90. The maximum atomic E-state index is 5.30. The minimum atomic E-state index is 0.147. The summed E-state index contributed by atoms with van der Waals surface area (Å²) < 4.78 is 5.30. The lowest BCUT2D eigenvalue weighted by Gasteiger charge is -2.30. The maximum Gasteiger partial charge on any atom is 0.229 e. The molecule has 1 atom stereocenters. The molecule has 4 nitrogen and oxygen atoms in total. The Labute approximate surface area is 123 Å². The van der Waals surface area contributed by atoms with Gasteiger partial charge in [0, 0.05) is 16.8 Å². The normalized spacial score (nSPS) is 17.4. The minimum Gasteiger partial charge on any atom is -0.339 e. The quantitative estimate of drug-likeness (QED) is 0.908. The van der Waals surface area contributed by atoms with Crippen LogP contribution in [0.1, 0.15) is 62.2 Å². The zero-order chi connectivity index (χ0) is 14.2. The van der Waals surface area contributed by atoms with E-state index in [9.17, 15) is 0 Å². The number of hydrogen-bond acceptors (Lipinski definition) is 5. The van der Waals surface area contributed by atoms with Gasteiger partial charge in [0.05, 0.1) is 6.54 Å². The molecule has 3 rings (SSSR count). The topological polar surface area (TPSA) is 51.0 Å². The zero-order valence-corrected chi connectivity index (χ0v) is 13.0. The lowest BCUT2D eigenvalue weighted by molar-refractivity contribution is 0.271. The third-order valence-corrected chi connectivity index (χ3v) is 4.51. The van der Waals surface area contributed by atoms with Crippen LogP contribution in [0.15, 0.2) is 22.0 Å². The summed E-state index contributed by atoms with van der Waals surface area (Å²) in [5.74, 6) is 2.09. The molecule has 0 radical (unpaired) electrons. The van der Waals surface area contributed by atoms with Crippen LogP contribution >= 0.6 is 11.3 Å². The number of hydrogen-bond donors (Lipinski definition) is 1. The largest absolute Gasteiger partial charge is 0.339 e. The number of nitrogens with zero attached hydrogens (tertiary/aromatic N) is 2. The van der Waals surface area contributed by atoms with E-state index in [-0.39, 0.29) is 5.41 Å². The SMILES string of the molecule is CC(C)(C)C(NCc1noc(C2CC2)n1)c1cccs1. The van der Waals surface area contributed by atoms with E-state index in [0.29, 0.717) is 18.5 Å². The average molecular weight is 291 g/mol. The van der Waals surface area contributed by atoms with E-state index in [1.807, 2.05) is 0 Å². The first-order chi connectivity index (χ1) is 9.54. The van der Waals surface area contributed by atoms with Crippen molar-refractivity contribution in [2.24, 2.45) is 5.41 Å². The first-order valence-corrected chi connectivity index (χ1v) is 8.01. The molecule has 2 heterocycles. The molecule has 108 valence electrons. The lowest BCUT2D eigenvalue weighted by atomic mass is 9.86. The molecular formula is C15H21N3OS. The monoisotopic (exact) mass is 291 g/mol. The van der Waals surface area contributed by atoms with Gasteiger partial charge in [0.2, 0.25) is 5.89 Å². The van der Waals surface area contributed by atoms with Crippen LogP contribution in [0.2, 0.25) is 0 Å². The highest BCUT2D eigenvalue weighted by atomic mass is 32.1. The fourth-order valence-corrected chi connectivity index (χ4v) is 3.36. The molecule has 0 aliphatic heterocycles. The number of thiophene rings is 1. The van der Waals surface area contributed by atoms with Crippen LogP contribution in [-0.4, -0.2) is 10.1 Å². The van der Waals surface area contributed by atoms with Gasteiger partial charge in [-0.25, -0.2) is 0 Å². The summed E-state index contributed by atoms with van der Waals surface area (Å²) in [7, 11) is 0. The maximum absolute atomic E-state index is 5.30. The molecule has 0 aromatic carbocycles. The second kappa shape index (κ2) is 5.30. The van der Waals surface area contributed by atoms with Gasteiger partial charge < -0.3 is 9.84 Å². The highest BCUT2D eigenvalue weighted by molar-refractivity contribution is 7.10. The molecule has 0 amide bonds. The number of rotatable bonds is 5. The highest BCUT2D eigenvalue weighted by Gasteiger charge is 2.30. The molecule has 1 aliphatic rings. The van der Waals surface area contributed by atoms with Gasteiger partial charge in [0.25, 0.3) is 0 Å². The summed E-state index contributed by atoms with van der Waals surface area (Å²) in [5, 5.41) is 9.76. The van der Waals surface area contributed by atoms with Crippen molar-refractivity contribution in [3.63, 3.8) is 0 Å². The van der Waals surface area contributed by atoms with Crippen molar-refractivity contribution >= 4 is 11.3 Å². The van der Waals surface area contributed by atoms with E-state index in [4.69, 9.17) is 4.52 Å². The Morgan fingerprint density at radius 2 is 2.25 bits per heavy atom. The van der Waals surface area contributed by atoms with Crippen molar-refractivity contribution < 1.29 is 4.52 Å². The zero-order valence-electron chi connectivity index (χ0n) is 12.2. The molecular weight excluding hydrogens is 270 g/mol. The lowest BCUT2D eigenvalue weighted by Crippen LogP contribution is -2.31. The van der Waals surface area contributed by atoms with Crippen LogP contribution in [0.25, 0.3) is 0 Å². The third kappa shape index (κ3) is 3.10. The van der Waals surface area contributed by atoms with Gasteiger partial charge in [-0.15, -0.1) is 11.3 Å². The van der Waals surface area contributed by atoms with Crippen LogP contribution in [0.3, 0.4) is 0 Å². The number of nitrogens with one attached hydrogen (secondary N) is 1. The Hall–Kier alpha value is -1.20.